The van der Waals surface area contributed by atoms with E-state index in [1.54, 1.807) is 0 Å². The maximum Gasteiger partial charge on any atom is 0.136 e. The molecule has 0 saturated heterocycles. The predicted molar refractivity (Wildman–Crippen MR) is 49.2 cm³/mol. The fourth-order valence-electron chi connectivity index (χ4n) is 0.680. The number of rotatable bonds is 4. The van der Waals surface area contributed by atoms with E-state index in [2.05, 4.69) is 38.5 Å². The van der Waals surface area contributed by atoms with Crippen LogP contribution in [0.2, 0.25) is 0 Å². The fraction of sp³-hybridized carbons (Fsp3) is 0.875. The lowest BCUT2D eigenvalue weighted by molar-refractivity contribution is 0.336. The third-order valence-electron chi connectivity index (χ3n) is 1.86. The molecule has 0 saturated carbocycles. The minimum atomic E-state index is 0.695. The Hall–Kier alpha value is -0.110. The Morgan fingerprint density at radius 3 is 2.20 bits per heavy atom. The van der Waals surface area contributed by atoms with Crippen LogP contribution in [0.1, 0.15) is 20.8 Å². The van der Waals surface area contributed by atoms with Gasteiger partial charge in [0.15, 0.2) is 0 Å². The van der Waals surface area contributed by atoms with Gasteiger partial charge in [-0.15, -0.1) is 0 Å². The summed E-state index contributed by atoms with van der Waals surface area (Å²) in [5.41, 5.74) is 2.67. The predicted octanol–water partition coefficient (Wildman–Crippen LogP) is 2.04. The second kappa shape index (κ2) is 4.67. The van der Waals surface area contributed by atoms with Gasteiger partial charge in [0.05, 0.1) is 0 Å². The van der Waals surface area contributed by atoms with Crippen LogP contribution in [0.4, 0.5) is 0 Å². The van der Waals surface area contributed by atoms with Gasteiger partial charge in [0.1, 0.15) is 5.49 Å². The van der Waals surface area contributed by atoms with E-state index in [0.29, 0.717) is 5.92 Å². The SMILES string of the molecule is CC(C)C(C)CN(C)[C]=S. The third kappa shape index (κ3) is 3.83. The van der Waals surface area contributed by atoms with Gasteiger partial charge in [-0.3, -0.25) is 0 Å². The molecule has 0 aliphatic carbocycles. The van der Waals surface area contributed by atoms with Crippen molar-refractivity contribution in [3.05, 3.63) is 0 Å². The Morgan fingerprint density at radius 2 is 1.90 bits per heavy atom. The molecule has 1 unspecified atom stereocenters. The molecular formula is C8H16NS. The molecule has 59 valence electrons. The van der Waals surface area contributed by atoms with Crippen molar-refractivity contribution in [2.75, 3.05) is 13.6 Å². The highest BCUT2D eigenvalue weighted by Gasteiger charge is 2.07. The lowest BCUT2D eigenvalue weighted by Crippen LogP contribution is -2.24. The zero-order valence-electron chi connectivity index (χ0n) is 7.22. The molecule has 1 nitrogen and oxygen atoms in total. The topological polar surface area (TPSA) is 3.24 Å². The molecule has 0 N–H and O–H groups in total. The van der Waals surface area contributed by atoms with E-state index in [-0.39, 0.29) is 0 Å². The first-order valence-corrected chi connectivity index (χ1v) is 4.07. The van der Waals surface area contributed by atoms with E-state index in [9.17, 15) is 0 Å². The van der Waals surface area contributed by atoms with Gasteiger partial charge in [0.25, 0.3) is 0 Å². The van der Waals surface area contributed by atoms with Crippen LogP contribution in [0.15, 0.2) is 0 Å². The maximum absolute atomic E-state index is 4.66. The molecule has 0 spiro atoms. The first-order valence-electron chi connectivity index (χ1n) is 3.66. The van der Waals surface area contributed by atoms with E-state index in [1.807, 2.05) is 11.9 Å². The van der Waals surface area contributed by atoms with Crippen LogP contribution < -0.4 is 0 Å². The summed E-state index contributed by atoms with van der Waals surface area (Å²) >= 11 is 4.66. The highest BCUT2D eigenvalue weighted by atomic mass is 32.1. The molecule has 0 rings (SSSR count). The van der Waals surface area contributed by atoms with Gasteiger partial charge in [-0.2, -0.15) is 0 Å². The molecule has 0 aliphatic heterocycles. The molecule has 2 heteroatoms. The standard InChI is InChI=1S/C8H16NS/c1-7(2)8(3)5-9(4)6-10/h7-8H,5H2,1-4H3. The van der Waals surface area contributed by atoms with Crippen LogP contribution >= 0.6 is 12.2 Å². The number of hydrogen-bond donors (Lipinski definition) is 0. The number of thiocarbonyl (C=S) groups is 1. The molecular weight excluding hydrogens is 142 g/mol. The Kier molecular flexibility index (Phi) is 4.62. The van der Waals surface area contributed by atoms with E-state index >= 15 is 0 Å². The van der Waals surface area contributed by atoms with E-state index < -0.39 is 0 Å². The van der Waals surface area contributed by atoms with Crippen LogP contribution in [0.3, 0.4) is 0 Å². The van der Waals surface area contributed by atoms with Gasteiger partial charge in [0.2, 0.25) is 0 Å². The largest absolute Gasteiger partial charge is 0.363 e. The minimum absolute atomic E-state index is 0.695. The molecule has 0 heterocycles. The van der Waals surface area contributed by atoms with Crippen molar-refractivity contribution in [3.63, 3.8) is 0 Å². The number of nitrogens with zero attached hydrogens (tertiary/aromatic N) is 1. The van der Waals surface area contributed by atoms with Crippen molar-refractivity contribution in [1.29, 1.82) is 0 Å². The lowest BCUT2D eigenvalue weighted by atomic mass is 9.98. The number of hydrogen-bond acceptors (Lipinski definition) is 1. The monoisotopic (exact) mass is 158 g/mol. The quantitative estimate of drug-likeness (QED) is 0.455. The summed E-state index contributed by atoms with van der Waals surface area (Å²) in [6.07, 6.45) is 0. The summed E-state index contributed by atoms with van der Waals surface area (Å²) < 4.78 is 0. The second-order valence-corrected chi connectivity index (χ2v) is 3.38. The minimum Gasteiger partial charge on any atom is -0.363 e. The average molecular weight is 158 g/mol. The molecule has 0 amide bonds. The van der Waals surface area contributed by atoms with E-state index in [1.165, 1.54) is 0 Å². The second-order valence-electron chi connectivity index (χ2n) is 3.19. The van der Waals surface area contributed by atoms with Crippen molar-refractivity contribution in [2.45, 2.75) is 20.8 Å². The molecule has 0 aromatic heterocycles. The van der Waals surface area contributed by atoms with Crippen molar-refractivity contribution < 1.29 is 0 Å². The summed E-state index contributed by atoms with van der Waals surface area (Å²) in [6.45, 7) is 7.69. The molecule has 10 heavy (non-hydrogen) atoms. The van der Waals surface area contributed by atoms with Gasteiger partial charge < -0.3 is 4.90 Å². The highest BCUT2D eigenvalue weighted by Crippen LogP contribution is 2.09. The van der Waals surface area contributed by atoms with Crippen molar-refractivity contribution in [1.82, 2.24) is 4.90 Å². The summed E-state index contributed by atoms with van der Waals surface area (Å²) in [6, 6.07) is 0. The Bertz CT molecular complexity index is 101. The first-order chi connectivity index (χ1) is 4.57. The smallest absolute Gasteiger partial charge is 0.136 e. The van der Waals surface area contributed by atoms with Crippen LogP contribution in [-0.4, -0.2) is 24.0 Å². The molecule has 0 aromatic rings. The van der Waals surface area contributed by atoms with Gasteiger partial charge in [-0.05, 0) is 11.8 Å². The molecule has 0 aliphatic rings. The van der Waals surface area contributed by atoms with Gasteiger partial charge >= 0.3 is 0 Å². The average Bonchev–Trinajstić information content (AvgIpc) is 1.87. The van der Waals surface area contributed by atoms with Crippen LogP contribution in [0, 0.1) is 11.8 Å². The highest BCUT2D eigenvalue weighted by molar-refractivity contribution is 7.78. The van der Waals surface area contributed by atoms with Gasteiger partial charge in [0, 0.05) is 13.6 Å². The summed E-state index contributed by atoms with van der Waals surface area (Å²) in [4.78, 5) is 1.93. The van der Waals surface area contributed by atoms with Crippen LogP contribution in [0.25, 0.3) is 0 Å². The van der Waals surface area contributed by atoms with E-state index in [4.69, 9.17) is 0 Å². The fourth-order valence-corrected chi connectivity index (χ4v) is 0.755. The zero-order chi connectivity index (χ0) is 8.15. The first kappa shape index (κ1) is 9.89. The molecule has 0 bridgehead atoms. The Morgan fingerprint density at radius 1 is 1.40 bits per heavy atom. The van der Waals surface area contributed by atoms with Crippen molar-refractivity contribution >= 4 is 17.7 Å². The zero-order valence-corrected chi connectivity index (χ0v) is 8.03. The van der Waals surface area contributed by atoms with Crippen LogP contribution in [-0.2, 0) is 0 Å². The summed E-state index contributed by atoms with van der Waals surface area (Å²) in [7, 11) is 1.96. The Balaban J connectivity index is 3.56. The molecule has 1 atom stereocenters. The third-order valence-corrected chi connectivity index (χ3v) is 2.17. The maximum atomic E-state index is 4.66. The van der Waals surface area contributed by atoms with Gasteiger partial charge in [-0.25, -0.2) is 0 Å². The van der Waals surface area contributed by atoms with E-state index in [0.717, 1.165) is 12.5 Å². The summed E-state index contributed by atoms with van der Waals surface area (Å²) in [5, 5.41) is 0. The lowest BCUT2D eigenvalue weighted by Gasteiger charge is -2.20. The molecule has 0 fully saturated rings. The summed E-state index contributed by atoms with van der Waals surface area (Å²) in [5.74, 6) is 1.42. The van der Waals surface area contributed by atoms with Crippen molar-refractivity contribution in [2.24, 2.45) is 11.8 Å². The van der Waals surface area contributed by atoms with Gasteiger partial charge in [-0.1, -0.05) is 33.0 Å². The Labute approximate surface area is 69.4 Å². The molecule has 0 aromatic carbocycles. The normalized spacial score (nSPS) is 13.3. The molecule has 1 radical (unpaired) electrons. The van der Waals surface area contributed by atoms with Crippen LogP contribution in [0.5, 0.6) is 0 Å². The van der Waals surface area contributed by atoms with Crippen molar-refractivity contribution in [3.8, 4) is 0 Å².